The predicted molar refractivity (Wildman–Crippen MR) is 432 cm³/mol. The van der Waals surface area contributed by atoms with E-state index >= 15 is 0 Å². The Bertz CT molecular complexity index is 5720. The minimum atomic E-state index is -1.35. The van der Waals surface area contributed by atoms with Crippen LogP contribution in [0.15, 0.2) is 273 Å². The van der Waals surface area contributed by atoms with Gasteiger partial charge < -0.3 is 47.9 Å². The van der Waals surface area contributed by atoms with Gasteiger partial charge in [0, 0.05) is 36.7 Å². The number of carbonyl (C=O) groups is 6. The van der Waals surface area contributed by atoms with Gasteiger partial charge in [0.05, 0.1) is 110 Å². The molecule has 0 heterocycles. The van der Waals surface area contributed by atoms with Crippen molar-refractivity contribution in [3.63, 3.8) is 0 Å². The molecule has 3 aliphatic rings. The summed E-state index contributed by atoms with van der Waals surface area (Å²) in [5.74, 6) is -9.44. The molecular formula is C96H78N4O15. The number of esters is 5. The summed E-state index contributed by atoms with van der Waals surface area (Å²) in [4.78, 5) is 86.0. The molecule has 0 spiro atoms. The molecule has 12 aromatic carbocycles. The normalized spacial score (nSPS) is 16.0. The minimum Gasteiger partial charge on any atom is -0.493 e. The summed E-state index contributed by atoms with van der Waals surface area (Å²) >= 11 is 0. The van der Waals surface area contributed by atoms with Crippen molar-refractivity contribution < 1.29 is 71.4 Å². The van der Waals surface area contributed by atoms with Crippen LogP contribution in [0.2, 0.25) is 0 Å². The SMILES string of the molecule is CC(NC(=O)c1ccc(OC(=O)c2ccc(OCCOC(=O)[C@H]3C4C=CC([C@H]3C(=O)OCCCOc3ccc5cc(-c6ccc(C#N)cc6)ccc5c3)[C@H](C(=O)OCCCOc3ccc5cc(-c6ccc(C#N)cc6)ccc5c3)[C@@H]4C(=O)OCCCOc3ccc4cc(-c5ccc(C#N)cc5)ccc4c3)cc2)cc1)c1ccccc1. The summed E-state index contributed by atoms with van der Waals surface area (Å²) in [6, 6.07) is 85.6. The second kappa shape index (κ2) is 36.7. The van der Waals surface area contributed by atoms with Crippen molar-refractivity contribution >= 4 is 68.1 Å². The van der Waals surface area contributed by atoms with Gasteiger partial charge in [0.25, 0.3) is 5.91 Å². The van der Waals surface area contributed by atoms with Crippen LogP contribution < -0.4 is 29.0 Å². The molecular weight excluding hydrogens is 1450 g/mol. The van der Waals surface area contributed by atoms with Crippen LogP contribution in [-0.4, -0.2) is 88.6 Å². The van der Waals surface area contributed by atoms with E-state index in [1.807, 2.05) is 165 Å². The highest BCUT2D eigenvalue weighted by Crippen LogP contribution is 2.53. The molecule has 0 saturated heterocycles. The summed E-state index contributed by atoms with van der Waals surface area (Å²) in [5, 5.41) is 36.6. The van der Waals surface area contributed by atoms with Crippen molar-refractivity contribution in [2.24, 2.45) is 35.5 Å². The molecule has 1 fully saturated rings. The second-order valence-electron chi connectivity index (χ2n) is 28.1. The number of hydrogen-bond donors (Lipinski definition) is 1. The zero-order valence-corrected chi connectivity index (χ0v) is 62.8. The Labute approximate surface area is 664 Å². The van der Waals surface area contributed by atoms with Crippen LogP contribution in [0.25, 0.3) is 65.7 Å². The number of carbonyl (C=O) groups excluding carboxylic acids is 6. The molecule has 572 valence electrons. The molecule has 0 aromatic heterocycles. The lowest BCUT2D eigenvalue weighted by Gasteiger charge is -2.49. The highest BCUT2D eigenvalue weighted by atomic mass is 16.6. The molecule has 1 saturated carbocycles. The van der Waals surface area contributed by atoms with Crippen LogP contribution >= 0.6 is 0 Å². The summed E-state index contributed by atoms with van der Waals surface area (Å²) in [6.07, 6.45) is 4.07. The Morgan fingerprint density at radius 2 is 0.652 bits per heavy atom. The Balaban J connectivity index is 0.644. The number of rotatable bonds is 31. The van der Waals surface area contributed by atoms with Gasteiger partial charge in [-0.1, -0.05) is 133 Å². The van der Waals surface area contributed by atoms with Gasteiger partial charge in [-0.15, -0.1) is 0 Å². The maximum absolute atomic E-state index is 14.9. The highest BCUT2D eigenvalue weighted by molar-refractivity contribution is 5.96. The number of benzene rings is 12. The van der Waals surface area contributed by atoms with Crippen molar-refractivity contribution in [2.75, 3.05) is 52.9 Å². The van der Waals surface area contributed by atoms with Gasteiger partial charge in [-0.2, -0.15) is 15.8 Å². The van der Waals surface area contributed by atoms with E-state index in [1.54, 1.807) is 72.8 Å². The van der Waals surface area contributed by atoms with E-state index in [4.69, 9.17) is 42.6 Å². The first kappa shape index (κ1) is 77.4. The molecule has 19 nitrogen and oxygen atoms in total. The molecule has 1 N–H and O–H groups in total. The number of hydrogen-bond acceptors (Lipinski definition) is 18. The van der Waals surface area contributed by atoms with Gasteiger partial charge in [0.1, 0.15) is 42.0 Å². The van der Waals surface area contributed by atoms with Gasteiger partial charge in [-0.05, 0) is 218 Å². The number of allylic oxidation sites excluding steroid dienone is 2. The van der Waals surface area contributed by atoms with Crippen molar-refractivity contribution in [2.45, 2.75) is 32.2 Å². The van der Waals surface area contributed by atoms with Crippen molar-refractivity contribution in [1.82, 2.24) is 5.32 Å². The molecule has 115 heavy (non-hydrogen) atoms. The van der Waals surface area contributed by atoms with Gasteiger partial charge in [-0.3, -0.25) is 24.0 Å². The lowest BCUT2D eigenvalue weighted by Crippen LogP contribution is -2.58. The number of nitrogens with zero attached hydrogens (tertiary/aromatic N) is 3. The predicted octanol–water partition coefficient (Wildman–Crippen LogP) is 17.7. The fourth-order valence-corrected chi connectivity index (χ4v) is 14.6. The van der Waals surface area contributed by atoms with Crippen molar-refractivity contribution in [1.29, 1.82) is 15.8 Å². The molecule has 7 atom stereocenters. The van der Waals surface area contributed by atoms with Crippen molar-refractivity contribution in [3.05, 3.63) is 306 Å². The molecule has 0 aliphatic heterocycles. The first-order chi connectivity index (χ1) is 56.2. The number of ether oxygens (including phenoxy) is 9. The quantitative estimate of drug-likeness (QED) is 0.0139. The zero-order chi connectivity index (χ0) is 79.6. The van der Waals surface area contributed by atoms with Crippen LogP contribution in [0.3, 0.4) is 0 Å². The molecule has 1 amide bonds. The Morgan fingerprint density at radius 1 is 0.330 bits per heavy atom. The van der Waals surface area contributed by atoms with Gasteiger partial charge in [-0.25, -0.2) is 4.79 Å². The number of fused-ring (bicyclic) bond motifs is 5. The van der Waals surface area contributed by atoms with E-state index in [-0.39, 0.29) is 95.4 Å². The number of nitrogens with one attached hydrogen (secondary N) is 1. The van der Waals surface area contributed by atoms with Crippen LogP contribution in [-0.2, 0) is 38.1 Å². The topological polar surface area (TPSA) is 269 Å². The molecule has 3 unspecified atom stereocenters. The third-order valence-electron chi connectivity index (χ3n) is 20.6. The number of nitriles is 3. The summed E-state index contributed by atoms with van der Waals surface area (Å²) in [6.45, 7) is 1.48. The first-order valence-electron chi connectivity index (χ1n) is 38.0. The average molecular weight is 1530 g/mol. The Hall–Kier alpha value is -14.4. The second-order valence-corrected chi connectivity index (χ2v) is 28.1. The fraction of sp³-hybridized carbons (Fsp3) is 0.198. The molecule has 15 rings (SSSR count). The van der Waals surface area contributed by atoms with Crippen LogP contribution in [0, 0.1) is 69.5 Å². The summed E-state index contributed by atoms with van der Waals surface area (Å²) in [5.41, 5.74) is 9.17. The van der Waals surface area contributed by atoms with Crippen molar-refractivity contribution in [3.8, 4) is 80.3 Å². The minimum absolute atomic E-state index is 0.124. The largest absolute Gasteiger partial charge is 0.493 e. The van der Waals surface area contributed by atoms with E-state index in [1.165, 1.54) is 24.3 Å². The Kier molecular flexibility index (Phi) is 24.7. The molecule has 12 aromatic rings. The smallest absolute Gasteiger partial charge is 0.343 e. The third-order valence-corrected chi connectivity index (χ3v) is 20.6. The van der Waals surface area contributed by atoms with Crippen LogP contribution in [0.4, 0.5) is 0 Å². The average Bonchev–Trinajstić information content (AvgIpc) is 0.722. The van der Waals surface area contributed by atoms with Gasteiger partial charge >= 0.3 is 29.8 Å². The molecule has 2 bridgehead atoms. The standard InChI is InChI=1S/C96H78N4O15/c1-61(65-8-3-2-4-9-65)100-91(101)69-28-37-81(38-29-69)115-92(102)70-30-35-80(36-31-70)110-50-51-114-96(106)90-86-43-42-85(89(90)95(105)113-49-7-46-109-84-41-34-76-54-73(24-27-79(76)57-84)68-20-14-64(60-99)15-21-68)87(93(103)111-47-5-44-107-82-39-32-74-52-71(22-25-77(74)55-82)66-16-10-62(58-97)11-17-66)88(86)94(104)112-48-6-45-108-83-40-33-75-53-72(23-26-78(75)56-83)67-18-12-63(59-98)13-19-67/h2-4,8-43,52-57,61,85-90H,5-7,44-51H2,1H3,(H,100,101)/t61?,85?,86?,87-,88+,89+,90-/m0/s1. The molecule has 3 aliphatic carbocycles. The van der Waals surface area contributed by atoms with Gasteiger partial charge in [0.15, 0.2) is 0 Å². The maximum Gasteiger partial charge on any atom is 0.343 e. The number of amides is 1. The van der Waals surface area contributed by atoms with E-state index < -0.39 is 65.4 Å². The highest BCUT2D eigenvalue weighted by Gasteiger charge is 2.62. The summed E-state index contributed by atoms with van der Waals surface area (Å²) in [7, 11) is 0. The maximum atomic E-state index is 14.9. The van der Waals surface area contributed by atoms with Crippen LogP contribution in [0.5, 0.6) is 28.7 Å². The van der Waals surface area contributed by atoms with E-state index in [0.717, 1.165) is 71.3 Å². The lowest BCUT2D eigenvalue weighted by atomic mass is 9.53. The monoisotopic (exact) mass is 1530 g/mol. The van der Waals surface area contributed by atoms with Crippen LogP contribution in [0.1, 0.15) is 75.2 Å². The molecule has 0 radical (unpaired) electrons. The van der Waals surface area contributed by atoms with E-state index in [0.29, 0.717) is 45.3 Å². The fourth-order valence-electron chi connectivity index (χ4n) is 14.6. The third kappa shape index (κ3) is 19.0. The zero-order valence-electron chi connectivity index (χ0n) is 62.8. The van der Waals surface area contributed by atoms with E-state index in [9.17, 15) is 44.6 Å². The Morgan fingerprint density at radius 3 is 1.03 bits per heavy atom. The van der Waals surface area contributed by atoms with Gasteiger partial charge in [0.2, 0.25) is 0 Å². The first-order valence-corrected chi connectivity index (χ1v) is 38.0. The summed E-state index contributed by atoms with van der Waals surface area (Å²) < 4.78 is 54.2. The molecule has 19 heteroatoms. The lowest BCUT2D eigenvalue weighted by molar-refractivity contribution is -0.186. The van der Waals surface area contributed by atoms with E-state index in [2.05, 4.69) is 41.7 Å².